The first-order chi connectivity index (χ1) is 17.4. The van der Waals surface area contributed by atoms with Gasteiger partial charge in [0.2, 0.25) is 5.91 Å². The van der Waals surface area contributed by atoms with Crippen LogP contribution >= 0.6 is 0 Å². The van der Waals surface area contributed by atoms with Crippen molar-refractivity contribution < 1.29 is 22.5 Å². The second-order valence-corrected chi connectivity index (χ2v) is 9.61. The minimum atomic E-state index is -4.51. The van der Waals surface area contributed by atoms with Crippen molar-refractivity contribution in [2.75, 3.05) is 25.0 Å². The Balaban J connectivity index is 1.29. The summed E-state index contributed by atoms with van der Waals surface area (Å²) < 4.78 is 45.8. The smallest absolute Gasteiger partial charge is 0.376 e. The molecule has 5 rings (SSSR count). The molecule has 9 heteroatoms. The number of benzene rings is 2. The molecule has 0 spiro atoms. The molecule has 0 saturated heterocycles. The number of amides is 1. The molecule has 6 nitrogen and oxygen atoms in total. The van der Waals surface area contributed by atoms with Crippen LogP contribution in [-0.4, -0.2) is 40.5 Å². The van der Waals surface area contributed by atoms with Crippen LogP contribution < -0.4 is 5.32 Å². The quantitative estimate of drug-likeness (QED) is 0.445. The highest BCUT2D eigenvalue weighted by Crippen LogP contribution is 2.34. The molecule has 1 N–H and O–H groups in total. The van der Waals surface area contributed by atoms with Crippen molar-refractivity contribution in [1.82, 2.24) is 15.0 Å². The Bertz CT molecular complexity index is 1190. The van der Waals surface area contributed by atoms with Gasteiger partial charge in [-0.3, -0.25) is 9.69 Å². The van der Waals surface area contributed by atoms with Crippen molar-refractivity contribution in [2.24, 2.45) is 5.92 Å². The molecule has 0 bridgehead atoms. The van der Waals surface area contributed by atoms with E-state index < -0.39 is 11.7 Å². The van der Waals surface area contributed by atoms with E-state index in [0.717, 1.165) is 43.7 Å². The van der Waals surface area contributed by atoms with E-state index in [1.54, 1.807) is 12.1 Å². The number of hydrogen-bond acceptors (Lipinski definition) is 5. The molecule has 0 unspecified atom stereocenters. The Morgan fingerprint density at radius 3 is 2.69 bits per heavy atom. The predicted molar refractivity (Wildman–Crippen MR) is 129 cm³/mol. The summed E-state index contributed by atoms with van der Waals surface area (Å²) in [4.78, 5) is 17.1. The van der Waals surface area contributed by atoms with E-state index in [4.69, 9.17) is 4.52 Å². The SMILES string of the molecule is O=C(CNc1cccc2c1CCN(CC1CC1)C2)N(Cc1ccno1)Cc1ccccc1C(F)(F)F. The summed E-state index contributed by atoms with van der Waals surface area (Å²) in [7, 11) is 0. The van der Waals surface area contributed by atoms with Crippen molar-refractivity contribution in [3.63, 3.8) is 0 Å². The maximum atomic E-state index is 13.6. The van der Waals surface area contributed by atoms with Gasteiger partial charge in [0.25, 0.3) is 0 Å². The molecule has 190 valence electrons. The van der Waals surface area contributed by atoms with Crippen LogP contribution in [0.2, 0.25) is 0 Å². The molecule has 3 aromatic rings. The Morgan fingerprint density at radius 1 is 1.11 bits per heavy atom. The number of nitrogens with zero attached hydrogens (tertiary/aromatic N) is 3. The molecule has 0 atom stereocenters. The Morgan fingerprint density at radius 2 is 1.94 bits per heavy atom. The topological polar surface area (TPSA) is 61.6 Å². The monoisotopic (exact) mass is 498 g/mol. The summed E-state index contributed by atoms with van der Waals surface area (Å²) in [6.07, 6.45) is 0.491. The summed E-state index contributed by atoms with van der Waals surface area (Å²) in [5, 5.41) is 6.91. The summed E-state index contributed by atoms with van der Waals surface area (Å²) in [6.45, 7) is 2.83. The average molecular weight is 499 g/mol. The lowest BCUT2D eigenvalue weighted by atomic mass is 9.97. The Labute approximate surface area is 208 Å². The third-order valence-corrected chi connectivity index (χ3v) is 6.86. The molecule has 2 aliphatic rings. The van der Waals surface area contributed by atoms with Gasteiger partial charge in [-0.25, -0.2) is 0 Å². The maximum absolute atomic E-state index is 13.6. The summed E-state index contributed by atoms with van der Waals surface area (Å²) in [6, 6.07) is 13.0. The van der Waals surface area contributed by atoms with Crippen molar-refractivity contribution in [1.29, 1.82) is 0 Å². The van der Waals surface area contributed by atoms with Crippen molar-refractivity contribution in [3.05, 3.63) is 82.7 Å². The van der Waals surface area contributed by atoms with E-state index in [1.165, 1.54) is 47.2 Å². The highest BCUT2D eigenvalue weighted by atomic mass is 19.4. The third-order valence-electron chi connectivity index (χ3n) is 6.86. The lowest BCUT2D eigenvalue weighted by Gasteiger charge is -2.30. The van der Waals surface area contributed by atoms with E-state index in [0.29, 0.717) is 5.76 Å². The minimum absolute atomic E-state index is 0.0235. The Kier molecular flexibility index (Phi) is 7.00. The zero-order chi connectivity index (χ0) is 25.1. The van der Waals surface area contributed by atoms with Gasteiger partial charge < -0.3 is 14.7 Å². The van der Waals surface area contributed by atoms with Crippen LogP contribution in [0.15, 0.2) is 59.3 Å². The molecule has 2 aromatic carbocycles. The van der Waals surface area contributed by atoms with Gasteiger partial charge in [0.1, 0.15) is 0 Å². The van der Waals surface area contributed by atoms with Crippen LogP contribution in [0.1, 0.15) is 40.9 Å². The fourth-order valence-electron chi connectivity index (χ4n) is 4.82. The number of carbonyl (C=O) groups excluding carboxylic acids is 1. The first-order valence-corrected chi connectivity index (χ1v) is 12.3. The molecule has 0 radical (unpaired) electrons. The summed E-state index contributed by atoms with van der Waals surface area (Å²) in [5.74, 6) is 0.913. The maximum Gasteiger partial charge on any atom is 0.416 e. The highest BCUT2D eigenvalue weighted by Gasteiger charge is 2.34. The van der Waals surface area contributed by atoms with Gasteiger partial charge in [-0.15, -0.1) is 0 Å². The average Bonchev–Trinajstić information content (AvgIpc) is 3.52. The van der Waals surface area contributed by atoms with Gasteiger partial charge >= 0.3 is 6.18 Å². The molecule has 1 aliphatic heterocycles. The van der Waals surface area contributed by atoms with Crippen LogP contribution in [0, 0.1) is 5.92 Å². The number of fused-ring (bicyclic) bond motifs is 1. The molecule has 1 amide bonds. The number of anilines is 1. The van der Waals surface area contributed by atoms with Crippen LogP contribution in [0.4, 0.5) is 18.9 Å². The minimum Gasteiger partial charge on any atom is -0.376 e. The van der Waals surface area contributed by atoms with Crippen molar-refractivity contribution >= 4 is 11.6 Å². The lowest BCUT2D eigenvalue weighted by Crippen LogP contribution is -2.36. The standard InChI is InChI=1S/C27H29F3N4O2/c28-27(29,30)24-6-2-1-4-21(24)17-34(18-22-10-12-32-36-22)26(35)14-31-25-7-3-5-20-16-33(13-11-23(20)25)15-19-8-9-19/h1-7,10,12,19,31H,8-9,11,13-18H2. The fraction of sp³-hybridized carbons (Fsp3) is 0.407. The van der Waals surface area contributed by atoms with E-state index in [-0.39, 0.29) is 31.1 Å². The number of alkyl halides is 3. The molecular weight excluding hydrogens is 469 g/mol. The number of carbonyl (C=O) groups is 1. The Hall–Kier alpha value is -3.33. The number of halogens is 3. The van der Waals surface area contributed by atoms with Crippen LogP contribution in [-0.2, 0) is 37.0 Å². The first kappa shape index (κ1) is 24.4. The van der Waals surface area contributed by atoms with Gasteiger partial charge in [-0.05, 0) is 54.0 Å². The van der Waals surface area contributed by atoms with Crippen molar-refractivity contribution in [3.8, 4) is 0 Å². The van der Waals surface area contributed by atoms with E-state index in [1.807, 2.05) is 12.1 Å². The zero-order valence-corrected chi connectivity index (χ0v) is 19.9. The summed E-state index contributed by atoms with van der Waals surface area (Å²) >= 11 is 0. The van der Waals surface area contributed by atoms with Gasteiger partial charge in [0, 0.05) is 37.9 Å². The molecule has 1 saturated carbocycles. The van der Waals surface area contributed by atoms with Crippen molar-refractivity contribution in [2.45, 2.75) is 45.1 Å². The molecule has 2 heterocycles. The number of hydrogen-bond donors (Lipinski definition) is 1. The normalized spacial score (nSPS) is 16.0. The molecule has 1 aliphatic carbocycles. The van der Waals surface area contributed by atoms with Crippen LogP contribution in [0.25, 0.3) is 0 Å². The number of rotatable bonds is 9. The van der Waals surface area contributed by atoms with Gasteiger partial charge in [-0.1, -0.05) is 35.5 Å². The molecule has 1 fully saturated rings. The summed E-state index contributed by atoms with van der Waals surface area (Å²) in [5.41, 5.74) is 2.66. The molecular formula is C27H29F3N4O2. The lowest BCUT2D eigenvalue weighted by molar-refractivity contribution is -0.139. The highest BCUT2D eigenvalue weighted by molar-refractivity contribution is 5.81. The van der Waals surface area contributed by atoms with Gasteiger partial charge in [-0.2, -0.15) is 13.2 Å². The van der Waals surface area contributed by atoms with Gasteiger partial charge in [0.05, 0.1) is 24.8 Å². The molecule has 36 heavy (non-hydrogen) atoms. The molecule has 1 aromatic heterocycles. The predicted octanol–water partition coefficient (Wildman–Crippen LogP) is 5.10. The van der Waals surface area contributed by atoms with E-state index in [9.17, 15) is 18.0 Å². The third kappa shape index (κ3) is 5.90. The number of aromatic nitrogens is 1. The second-order valence-electron chi connectivity index (χ2n) is 9.61. The second kappa shape index (κ2) is 10.3. The van der Waals surface area contributed by atoms with E-state index in [2.05, 4.69) is 21.4 Å². The van der Waals surface area contributed by atoms with Gasteiger partial charge in [0.15, 0.2) is 5.76 Å². The van der Waals surface area contributed by atoms with E-state index >= 15 is 0 Å². The fourth-order valence-corrected chi connectivity index (χ4v) is 4.82. The van der Waals surface area contributed by atoms with Crippen LogP contribution in [0.3, 0.4) is 0 Å². The number of nitrogens with one attached hydrogen (secondary N) is 1. The zero-order valence-electron chi connectivity index (χ0n) is 19.9. The van der Waals surface area contributed by atoms with Crippen LogP contribution in [0.5, 0.6) is 0 Å². The largest absolute Gasteiger partial charge is 0.416 e. The first-order valence-electron chi connectivity index (χ1n) is 12.3.